The maximum Gasteiger partial charge on any atom is 0.0897 e. The zero-order valence-electron chi connectivity index (χ0n) is 10.4. The van der Waals surface area contributed by atoms with Gasteiger partial charge in [0.25, 0.3) is 0 Å². The van der Waals surface area contributed by atoms with Crippen LogP contribution in [0.15, 0.2) is 5.38 Å². The first kappa shape index (κ1) is 13.6. The Labute approximate surface area is 102 Å². The van der Waals surface area contributed by atoms with Gasteiger partial charge in [0, 0.05) is 11.9 Å². The van der Waals surface area contributed by atoms with E-state index in [0.717, 1.165) is 37.4 Å². The standard InChI is InChI=1S/C12H22N2OS/c1-10(15)6-8-14(3)7-4-5-12-9-16-11(2)13-12/h9-10,15H,4-8H2,1-3H3. The van der Waals surface area contributed by atoms with Crippen molar-refractivity contribution in [2.45, 2.75) is 39.2 Å². The molecule has 92 valence electrons. The van der Waals surface area contributed by atoms with Crippen LogP contribution in [0.4, 0.5) is 0 Å². The van der Waals surface area contributed by atoms with Gasteiger partial charge in [-0.2, -0.15) is 0 Å². The SMILES string of the molecule is Cc1nc(CCCN(C)CCC(C)O)cs1. The molecule has 0 aromatic carbocycles. The molecule has 1 N–H and O–H groups in total. The summed E-state index contributed by atoms with van der Waals surface area (Å²) in [7, 11) is 2.11. The molecule has 0 amide bonds. The number of aryl methyl sites for hydroxylation is 2. The smallest absolute Gasteiger partial charge is 0.0897 e. The summed E-state index contributed by atoms with van der Waals surface area (Å²) in [6.45, 7) is 5.92. The molecule has 0 aliphatic rings. The van der Waals surface area contributed by atoms with Crippen LogP contribution in [0.5, 0.6) is 0 Å². The van der Waals surface area contributed by atoms with Crippen molar-refractivity contribution in [2.24, 2.45) is 0 Å². The molecule has 0 saturated carbocycles. The molecule has 1 unspecified atom stereocenters. The van der Waals surface area contributed by atoms with Crippen molar-refractivity contribution in [3.8, 4) is 0 Å². The van der Waals surface area contributed by atoms with Crippen molar-refractivity contribution < 1.29 is 5.11 Å². The topological polar surface area (TPSA) is 36.4 Å². The summed E-state index contributed by atoms with van der Waals surface area (Å²) < 4.78 is 0. The summed E-state index contributed by atoms with van der Waals surface area (Å²) in [6.07, 6.45) is 2.86. The zero-order chi connectivity index (χ0) is 12.0. The van der Waals surface area contributed by atoms with E-state index in [9.17, 15) is 5.11 Å². The lowest BCUT2D eigenvalue weighted by atomic mass is 10.2. The van der Waals surface area contributed by atoms with Gasteiger partial charge in [0.15, 0.2) is 0 Å². The van der Waals surface area contributed by atoms with E-state index in [2.05, 4.69) is 22.3 Å². The summed E-state index contributed by atoms with van der Waals surface area (Å²) in [5.41, 5.74) is 1.21. The van der Waals surface area contributed by atoms with Gasteiger partial charge in [-0.1, -0.05) is 0 Å². The second kappa shape index (κ2) is 6.99. The van der Waals surface area contributed by atoms with Crippen LogP contribution in [0, 0.1) is 6.92 Å². The minimum absolute atomic E-state index is 0.191. The third-order valence-corrected chi connectivity index (χ3v) is 3.39. The molecule has 0 fully saturated rings. The van der Waals surface area contributed by atoms with Gasteiger partial charge in [-0.15, -0.1) is 11.3 Å². The molecule has 1 rings (SSSR count). The van der Waals surface area contributed by atoms with Crippen LogP contribution in [0.3, 0.4) is 0 Å². The molecule has 4 heteroatoms. The quantitative estimate of drug-likeness (QED) is 0.795. The predicted octanol–water partition coefficient (Wildman–Crippen LogP) is 2.09. The van der Waals surface area contributed by atoms with Gasteiger partial charge in [-0.25, -0.2) is 4.98 Å². The van der Waals surface area contributed by atoms with E-state index in [4.69, 9.17) is 0 Å². The fraction of sp³-hybridized carbons (Fsp3) is 0.750. The summed E-state index contributed by atoms with van der Waals surface area (Å²) in [6, 6.07) is 0. The van der Waals surface area contributed by atoms with Crippen molar-refractivity contribution in [3.05, 3.63) is 16.1 Å². The molecule has 1 heterocycles. The molecule has 0 bridgehead atoms. The lowest BCUT2D eigenvalue weighted by Gasteiger charge is -2.16. The number of hydrogen-bond acceptors (Lipinski definition) is 4. The minimum Gasteiger partial charge on any atom is -0.393 e. The van der Waals surface area contributed by atoms with Gasteiger partial charge < -0.3 is 10.0 Å². The Balaban J connectivity index is 2.10. The van der Waals surface area contributed by atoms with Crippen molar-refractivity contribution in [2.75, 3.05) is 20.1 Å². The lowest BCUT2D eigenvalue weighted by Crippen LogP contribution is -2.23. The highest BCUT2D eigenvalue weighted by Crippen LogP contribution is 2.09. The molecule has 0 aliphatic carbocycles. The van der Waals surface area contributed by atoms with Crippen molar-refractivity contribution in [1.29, 1.82) is 0 Å². The van der Waals surface area contributed by atoms with Gasteiger partial charge in [0.05, 0.1) is 16.8 Å². The highest BCUT2D eigenvalue weighted by Gasteiger charge is 2.03. The predicted molar refractivity (Wildman–Crippen MR) is 69.0 cm³/mol. The summed E-state index contributed by atoms with van der Waals surface area (Å²) in [4.78, 5) is 6.71. The first-order valence-corrected chi connectivity index (χ1v) is 6.73. The Morgan fingerprint density at radius 3 is 2.81 bits per heavy atom. The maximum atomic E-state index is 9.17. The molecule has 3 nitrogen and oxygen atoms in total. The number of aliphatic hydroxyl groups is 1. The van der Waals surface area contributed by atoms with E-state index < -0.39 is 0 Å². The second-order valence-corrected chi connectivity index (χ2v) is 5.46. The number of thiazole rings is 1. The van der Waals surface area contributed by atoms with E-state index in [1.54, 1.807) is 11.3 Å². The van der Waals surface area contributed by atoms with E-state index >= 15 is 0 Å². The van der Waals surface area contributed by atoms with E-state index in [1.165, 1.54) is 5.69 Å². The van der Waals surface area contributed by atoms with Crippen LogP contribution in [-0.2, 0) is 6.42 Å². The molecular weight excluding hydrogens is 220 g/mol. The van der Waals surface area contributed by atoms with Crippen molar-refractivity contribution in [1.82, 2.24) is 9.88 Å². The van der Waals surface area contributed by atoms with E-state index in [0.29, 0.717) is 0 Å². The van der Waals surface area contributed by atoms with Crippen LogP contribution >= 0.6 is 11.3 Å². The molecule has 1 atom stereocenters. The summed E-state index contributed by atoms with van der Waals surface area (Å²) in [5.74, 6) is 0. The Morgan fingerprint density at radius 1 is 1.50 bits per heavy atom. The van der Waals surface area contributed by atoms with Crippen LogP contribution in [0.2, 0.25) is 0 Å². The number of aromatic nitrogens is 1. The third kappa shape index (κ3) is 5.58. The van der Waals surface area contributed by atoms with Crippen molar-refractivity contribution >= 4 is 11.3 Å². The van der Waals surface area contributed by atoms with Crippen LogP contribution < -0.4 is 0 Å². The average Bonchev–Trinajstić information content (AvgIpc) is 2.61. The third-order valence-electron chi connectivity index (χ3n) is 2.57. The molecule has 0 spiro atoms. The zero-order valence-corrected chi connectivity index (χ0v) is 11.3. The van der Waals surface area contributed by atoms with E-state index in [-0.39, 0.29) is 6.10 Å². The first-order valence-electron chi connectivity index (χ1n) is 5.85. The Morgan fingerprint density at radius 2 is 2.25 bits per heavy atom. The molecule has 0 aliphatic heterocycles. The Hall–Kier alpha value is -0.450. The van der Waals surface area contributed by atoms with Gasteiger partial charge in [0.2, 0.25) is 0 Å². The highest BCUT2D eigenvalue weighted by molar-refractivity contribution is 7.09. The van der Waals surface area contributed by atoms with Gasteiger partial charge >= 0.3 is 0 Å². The molecular formula is C12H22N2OS. The van der Waals surface area contributed by atoms with Gasteiger partial charge in [-0.05, 0) is 46.7 Å². The number of aliphatic hydroxyl groups excluding tert-OH is 1. The van der Waals surface area contributed by atoms with Gasteiger partial charge in [-0.3, -0.25) is 0 Å². The number of hydrogen-bond donors (Lipinski definition) is 1. The fourth-order valence-corrected chi connectivity index (χ4v) is 2.22. The number of nitrogens with zero attached hydrogens (tertiary/aromatic N) is 2. The summed E-state index contributed by atoms with van der Waals surface area (Å²) >= 11 is 1.72. The molecule has 0 saturated heterocycles. The normalized spacial score (nSPS) is 13.3. The molecule has 16 heavy (non-hydrogen) atoms. The highest BCUT2D eigenvalue weighted by atomic mass is 32.1. The minimum atomic E-state index is -0.191. The monoisotopic (exact) mass is 242 g/mol. The molecule has 1 aromatic heterocycles. The van der Waals surface area contributed by atoms with Crippen LogP contribution in [-0.4, -0.2) is 41.2 Å². The van der Waals surface area contributed by atoms with Crippen molar-refractivity contribution in [3.63, 3.8) is 0 Å². The number of rotatable bonds is 7. The largest absolute Gasteiger partial charge is 0.393 e. The van der Waals surface area contributed by atoms with Crippen LogP contribution in [0.1, 0.15) is 30.5 Å². The average molecular weight is 242 g/mol. The summed E-state index contributed by atoms with van der Waals surface area (Å²) in [5, 5.41) is 12.5. The molecule has 0 radical (unpaired) electrons. The van der Waals surface area contributed by atoms with Crippen LogP contribution in [0.25, 0.3) is 0 Å². The van der Waals surface area contributed by atoms with Gasteiger partial charge in [0.1, 0.15) is 0 Å². The second-order valence-electron chi connectivity index (χ2n) is 4.40. The molecule has 1 aromatic rings. The maximum absolute atomic E-state index is 9.17. The first-order chi connectivity index (χ1) is 7.58. The fourth-order valence-electron chi connectivity index (χ4n) is 1.57. The lowest BCUT2D eigenvalue weighted by molar-refractivity contribution is 0.164. The van der Waals surface area contributed by atoms with E-state index in [1.807, 2.05) is 13.8 Å². The Bertz CT molecular complexity index is 299. The Kier molecular flexibility index (Phi) is 5.95.